The normalized spacial score (nSPS) is 13.8. The second-order valence-corrected chi connectivity index (χ2v) is 4.25. The maximum Gasteiger partial charge on any atom is 0.530 e. The fourth-order valence-electron chi connectivity index (χ4n) is 1.38. The summed E-state index contributed by atoms with van der Waals surface area (Å²) in [6.45, 7) is 0. The van der Waals surface area contributed by atoms with Crippen molar-refractivity contribution in [1.82, 2.24) is 0 Å². The van der Waals surface area contributed by atoms with Gasteiger partial charge in [0.1, 0.15) is 5.75 Å². The third-order valence-electron chi connectivity index (χ3n) is 2.12. The Morgan fingerprint density at radius 1 is 0.750 bits per heavy atom. The number of hydrogen-bond acceptors (Lipinski definition) is 3. The van der Waals surface area contributed by atoms with Gasteiger partial charge < -0.3 is 13.6 Å². The number of fused-ring (bicyclic) bond motifs is 1. The van der Waals surface area contributed by atoms with Crippen LogP contribution >= 0.6 is 8.60 Å². The smallest absolute Gasteiger partial charge is 0.409 e. The molecule has 80 valence electrons. The molecule has 0 radical (unpaired) electrons. The molecule has 1 aliphatic heterocycles. The molecule has 3 rings (SSSR count). The summed E-state index contributed by atoms with van der Waals surface area (Å²) < 4.78 is 16.6. The molecule has 2 aromatic rings. The van der Waals surface area contributed by atoms with Gasteiger partial charge >= 0.3 is 8.60 Å². The van der Waals surface area contributed by atoms with Crippen LogP contribution in [0, 0.1) is 0 Å². The van der Waals surface area contributed by atoms with Crippen molar-refractivity contribution >= 4 is 8.60 Å². The van der Waals surface area contributed by atoms with Gasteiger partial charge in [0.05, 0.1) is 0 Å². The molecule has 0 saturated carbocycles. The highest BCUT2D eigenvalue weighted by Crippen LogP contribution is 2.52. The lowest BCUT2D eigenvalue weighted by atomic mass is 10.3. The number of rotatable bonds is 2. The highest BCUT2D eigenvalue weighted by molar-refractivity contribution is 7.43. The molecule has 0 spiro atoms. The minimum atomic E-state index is -1.35. The first-order valence-electron chi connectivity index (χ1n) is 4.90. The number of para-hydroxylation sites is 3. The van der Waals surface area contributed by atoms with E-state index in [9.17, 15) is 0 Å². The first-order valence-corrected chi connectivity index (χ1v) is 5.99. The van der Waals surface area contributed by atoms with Crippen LogP contribution in [-0.4, -0.2) is 0 Å². The van der Waals surface area contributed by atoms with E-state index in [0.717, 1.165) is 17.2 Å². The van der Waals surface area contributed by atoms with Crippen LogP contribution in [0.25, 0.3) is 0 Å². The summed E-state index contributed by atoms with van der Waals surface area (Å²) in [5.74, 6) is 2.23. The second kappa shape index (κ2) is 4.03. The molecule has 0 aromatic heterocycles. The third-order valence-corrected chi connectivity index (χ3v) is 3.17. The van der Waals surface area contributed by atoms with Crippen LogP contribution in [0.3, 0.4) is 0 Å². The lowest BCUT2D eigenvalue weighted by Gasteiger charge is -2.08. The molecular formula is C12H9O3P. The lowest BCUT2D eigenvalue weighted by molar-refractivity contribution is 0.435. The van der Waals surface area contributed by atoms with Crippen LogP contribution < -0.4 is 13.6 Å². The highest BCUT2D eigenvalue weighted by atomic mass is 31.2. The molecule has 0 amide bonds. The van der Waals surface area contributed by atoms with E-state index >= 15 is 0 Å². The molecule has 0 atom stereocenters. The van der Waals surface area contributed by atoms with Crippen LogP contribution in [0.5, 0.6) is 17.2 Å². The van der Waals surface area contributed by atoms with Gasteiger partial charge in [-0.3, -0.25) is 0 Å². The van der Waals surface area contributed by atoms with E-state index in [2.05, 4.69) is 0 Å². The fraction of sp³-hybridized carbons (Fsp3) is 0. The maximum absolute atomic E-state index is 5.58. The summed E-state index contributed by atoms with van der Waals surface area (Å²) in [6.07, 6.45) is 0. The Kier molecular flexibility index (Phi) is 2.39. The lowest BCUT2D eigenvalue weighted by Crippen LogP contribution is -1.93. The molecule has 0 saturated heterocycles. The van der Waals surface area contributed by atoms with E-state index < -0.39 is 8.60 Å². The molecule has 0 bridgehead atoms. The molecule has 16 heavy (non-hydrogen) atoms. The molecule has 3 nitrogen and oxygen atoms in total. The summed E-state index contributed by atoms with van der Waals surface area (Å²) in [6, 6.07) is 17.0. The predicted octanol–water partition coefficient (Wildman–Crippen LogP) is 3.76. The van der Waals surface area contributed by atoms with Gasteiger partial charge in [0, 0.05) is 0 Å². The Morgan fingerprint density at radius 2 is 1.31 bits per heavy atom. The zero-order valence-corrected chi connectivity index (χ0v) is 9.26. The summed E-state index contributed by atoms with van der Waals surface area (Å²) in [5, 5.41) is 0. The molecule has 0 unspecified atom stereocenters. The van der Waals surface area contributed by atoms with E-state index in [4.69, 9.17) is 13.6 Å². The minimum absolute atomic E-state index is 0.740. The monoisotopic (exact) mass is 232 g/mol. The van der Waals surface area contributed by atoms with E-state index in [-0.39, 0.29) is 0 Å². The summed E-state index contributed by atoms with van der Waals surface area (Å²) >= 11 is 0. The van der Waals surface area contributed by atoms with Gasteiger partial charge in [-0.2, -0.15) is 0 Å². The van der Waals surface area contributed by atoms with E-state index in [1.807, 2.05) is 54.6 Å². The Balaban J connectivity index is 1.73. The molecule has 2 aromatic carbocycles. The van der Waals surface area contributed by atoms with Crippen LogP contribution in [0.4, 0.5) is 0 Å². The van der Waals surface area contributed by atoms with Gasteiger partial charge in [-0.15, -0.1) is 0 Å². The zero-order chi connectivity index (χ0) is 10.8. The zero-order valence-electron chi connectivity index (χ0n) is 8.37. The van der Waals surface area contributed by atoms with Gasteiger partial charge in [-0.05, 0) is 24.3 Å². The average molecular weight is 232 g/mol. The highest BCUT2D eigenvalue weighted by Gasteiger charge is 2.28. The second-order valence-electron chi connectivity index (χ2n) is 3.26. The van der Waals surface area contributed by atoms with E-state index in [1.165, 1.54) is 0 Å². The predicted molar refractivity (Wildman–Crippen MR) is 61.7 cm³/mol. The van der Waals surface area contributed by atoms with Crippen LogP contribution in [0.1, 0.15) is 0 Å². The summed E-state index contributed by atoms with van der Waals surface area (Å²) in [5.41, 5.74) is 0. The van der Waals surface area contributed by atoms with Gasteiger partial charge in [0.15, 0.2) is 11.5 Å². The molecule has 4 heteroatoms. The molecular weight excluding hydrogens is 223 g/mol. The van der Waals surface area contributed by atoms with Crippen molar-refractivity contribution in [2.75, 3.05) is 0 Å². The average Bonchev–Trinajstić information content (AvgIpc) is 2.72. The Bertz CT molecular complexity index is 462. The largest absolute Gasteiger partial charge is 0.530 e. The topological polar surface area (TPSA) is 27.7 Å². The van der Waals surface area contributed by atoms with Crippen LogP contribution in [-0.2, 0) is 0 Å². The van der Waals surface area contributed by atoms with Gasteiger partial charge in [0.2, 0.25) is 0 Å². The maximum atomic E-state index is 5.58. The minimum Gasteiger partial charge on any atom is -0.409 e. The molecule has 0 fully saturated rings. The Labute approximate surface area is 94.6 Å². The van der Waals surface area contributed by atoms with Crippen molar-refractivity contribution < 1.29 is 13.6 Å². The Morgan fingerprint density at radius 3 is 1.94 bits per heavy atom. The summed E-state index contributed by atoms with van der Waals surface area (Å²) in [4.78, 5) is 0. The number of hydrogen-bond donors (Lipinski definition) is 0. The van der Waals surface area contributed by atoms with E-state index in [1.54, 1.807) is 0 Å². The first kappa shape index (κ1) is 9.49. The van der Waals surface area contributed by atoms with Crippen molar-refractivity contribution in [2.24, 2.45) is 0 Å². The van der Waals surface area contributed by atoms with Crippen LogP contribution in [0.2, 0.25) is 0 Å². The van der Waals surface area contributed by atoms with Gasteiger partial charge in [-0.1, -0.05) is 30.3 Å². The summed E-state index contributed by atoms with van der Waals surface area (Å²) in [7, 11) is -1.35. The standard InChI is InChI=1S/C12H9O3P/c1-2-6-10(7-3-1)13-16-14-11-8-4-5-9-12(11)15-16/h1-9H. The van der Waals surface area contributed by atoms with Gasteiger partial charge in [0.25, 0.3) is 0 Å². The fourth-order valence-corrected chi connectivity index (χ4v) is 2.41. The van der Waals surface area contributed by atoms with Gasteiger partial charge in [-0.25, -0.2) is 0 Å². The molecule has 1 heterocycles. The third kappa shape index (κ3) is 1.82. The van der Waals surface area contributed by atoms with Crippen molar-refractivity contribution in [3.63, 3.8) is 0 Å². The molecule has 1 aliphatic rings. The SMILES string of the molecule is c1ccc(OP2Oc3ccccc3O2)cc1. The Hall–Kier alpha value is -1.73. The number of benzene rings is 2. The quantitative estimate of drug-likeness (QED) is 0.738. The molecule has 0 N–H and O–H groups in total. The van der Waals surface area contributed by atoms with Crippen molar-refractivity contribution in [3.8, 4) is 17.2 Å². The van der Waals surface area contributed by atoms with Crippen molar-refractivity contribution in [2.45, 2.75) is 0 Å². The molecule has 0 aliphatic carbocycles. The first-order chi connectivity index (χ1) is 7.92. The van der Waals surface area contributed by atoms with Crippen molar-refractivity contribution in [1.29, 1.82) is 0 Å². The van der Waals surface area contributed by atoms with Crippen LogP contribution in [0.15, 0.2) is 54.6 Å². The van der Waals surface area contributed by atoms with Crippen molar-refractivity contribution in [3.05, 3.63) is 54.6 Å². The van der Waals surface area contributed by atoms with E-state index in [0.29, 0.717) is 0 Å².